The fraction of sp³-hybridized carbons (Fsp3) is 0.294. The Morgan fingerprint density at radius 3 is 2.56 bits per heavy atom. The van der Waals surface area contributed by atoms with Crippen LogP contribution < -0.4 is 5.32 Å². The van der Waals surface area contributed by atoms with Gasteiger partial charge in [-0.05, 0) is 36.8 Å². The van der Waals surface area contributed by atoms with Gasteiger partial charge in [-0.15, -0.1) is 4.40 Å². The molecule has 1 aromatic rings. The van der Waals surface area contributed by atoms with Gasteiger partial charge in [0.05, 0.1) is 22.9 Å². The van der Waals surface area contributed by atoms with E-state index in [1.807, 2.05) is 0 Å². The maximum atomic E-state index is 12.6. The van der Waals surface area contributed by atoms with Crippen molar-refractivity contribution < 1.29 is 26.4 Å². The Bertz CT molecular complexity index is 948. The van der Waals surface area contributed by atoms with Crippen LogP contribution in [0.25, 0.3) is 0 Å². The highest BCUT2D eigenvalue weighted by molar-refractivity contribution is 7.90. The number of fused-ring (bicyclic) bond motifs is 1. The maximum absolute atomic E-state index is 12.6. The summed E-state index contributed by atoms with van der Waals surface area (Å²) in [5.74, 6) is -0.661. The van der Waals surface area contributed by atoms with Crippen LogP contribution in [0.1, 0.15) is 24.1 Å². The number of amides is 1. The Hall–Kier alpha value is -2.62. The normalized spacial score (nSPS) is 19.6. The van der Waals surface area contributed by atoms with E-state index in [1.165, 1.54) is 18.2 Å². The minimum Gasteiger partial charge on any atom is -0.345 e. The molecule has 2 aliphatic rings. The number of amidine groups is 1. The summed E-state index contributed by atoms with van der Waals surface area (Å²) in [6.45, 7) is 1.81. The highest BCUT2D eigenvalue weighted by Gasteiger charge is 2.31. The number of allylic oxidation sites excluding steroid dienone is 2. The average Bonchev–Trinajstić information content (AvgIpc) is 2.59. The second kappa shape index (κ2) is 6.84. The van der Waals surface area contributed by atoms with Gasteiger partial charge in [0.1, 0.15) is 0 Å². The van der Waals surface area contributed by atoms with Crippen molar-refractivity contribution in [2.45, 2.75) is 19.1 Å². The summed E-state index contributed by atoms with van der Waals surface area (Å²) in [6, 6.07) is 3.89. The number of hydrogen-bond acceptors (Lipinski definition) is 4. The zero-order valence-electron chi connectivity index (χ0n) is 14.2. The lowest BCUT2D eigenvalue weighted by Gasteiger charge is -2.29. The first-order valence-electron chi connectivity index (χ1n) is 8.03. The Labute approximate surface area is 154 Å². The van der Waals surface area contributed by atoms with E-state index in [4.69, 9.17) is 0 Å². The standard InChI is InChI=1S/C17H16F3N3O3S/c1-11(12-4-6-13(7-5-12)17(18,19)20)21-16(24)14-3-2-8-23-9-10-27(25,26)22-15(14)23/h2-8,11H,9-10H2,1H3,(H,21,24). The molecule has 1 N–H and O–H groups in total. The Kier molecular flexibility index (Phi) is 4.85. The van der Waals surface area contributed by atoms with Crippen molar-refractivity contribution in [2.75, 3.05) is 12.3 Å². The highest BCUT2D eigenvalue weighted by Crippen LogP contribution is 2.30. The number of hydrogen-bond donors (Lipinski definition) is 1. The maximum Gasteiger partial charge on any atom is 0.416 e. The molecule has 27 heavy (non-hydrogen) atoms. The molecule has 0 aromatic heterocycles. The van der Waals surface area contributed by atoms with Gasteiger partial charge in [0.2, 0.25) is 0 Å². The Morgan fingerprint density at radius 2 is 1.93 bits per heavy atom. The molecule has 0 fully saturated rings. The molecule has 10 heteroatoms. The van der Waals surface area contributed by atoms with E-state index in [1.54, 1.807) is 24.1 Å². The highest BCUT2D eigenvalue weighted by atomic mass is 32.2. The van der Waals surface area contributed by atoms with E-state index in [9.17, 15) is 26.4 Å². The molecular formula is C17H16F3N3O3S. The topological polar surface area (TPSA) is 78.8 Å². The minimum absolute atomic E-state index is 0.0425. The molecule has 6 nitrogen and oxygen atoms in total. The summed E-state index contributed by atoms with van der Waals surface area (Å²) in [5, 5.41) is 2.66. The van der Waals surface area contributed by atoms with Crippen LogP contribution >= 0.6 is 0 Å². The van der Waals surface area contributed by atoms with Gasteiger partial charge in [0.25, 0.3) is 15.9 Å². The third-order valence-corrected chi connectivity index (χ3v) is 5.34. The molecule has 1 atom stereocenters. The number of benzene rings is 1. The number of nitrogens with one attached hydrogen (secondary N) is 1. The van der Waals surface area contributed by atoms with Crippen molar-refractivity contribution >= 4 is 21.8 Å². The van der Waals surface area contributed by atoms with E-state index in [-0.39, 0.29) is 23.7 Å². The summed E-state index contributed by atoms with van der Waals surface area (Å²) in [6.07, 6.45) is 0.252. The van der Waals surface area contributed by atoms with Crippen LogP contribution in [0.4, 0.5) is 13.2 Å². The van der Waals surface area contributed by atoms with Gasteiger partial charge in [-0.1, -0.05) is 12.1 Å². The third-order valence-electron chi connectivity index (χ3n) is 4.19. The molecule has 0 saturated heterocycles. The molecule has 1 amide bonds. The second-order valence-corrected chi connectivity index (χ2v) is 7.89. The first kappa shape index (κ1) is 19.2. The van der Waals surface area contributed by atoms with E-state index >= 15 is 0 Å². The second-order valence-electron chi connectivity index (χ2n) is 6.13. The van der Waals surface area contributed by atoms with Crippen molar-refractivity contribution in [1.29, 1.82) is 0 Å². The summed E-state index contributed by atoms with van der Waals surface area (Å²) in [7, 11) is -3.63. The van der Waals surface area contributed by atoms with Gasteiger partial charge >= 0.3 is 6.18 Å². The van der Waals surface area contributed by atoms with Gasteiger partial charge in [-0.3, -0.25) is 4.79 Å². The van der Waals surface area contributed by atoms with Gasteiger partial charge in [0, 0.05) is 12.7 Å². The number of rotatable bonds is 3. The van der Waals surface area contributed by atoms with E-state index in [2.05, 4.69) is 9.71 Å². The fourth-order valence-electron chi connectivity index (χ4n) is 2.71. The molecule has 2 aliphatic heterocycles. The molecular weight excluding hydrogens is 383 g/mol. The first-order chi connectivity index (χ1) is 12.6. The Morgan fingerprint density at radius 1 is 1.26 bits per heavy atom. The average molecular weight is 399 g/mol. The number of alkyl halides is 3. The molecule has 3 rings (SSSR count). The molecule has 1 aromatic carbocycles. The minimum atomic E-state index is -4.43. The summed E-state index contributed by atoms with van der Waals surface area (Å²) in [4.78, 5) is 14.1. The number of nitrogens with zero attached hydrogens (tertiary/aromatic N) is 2. The van der Waals surface area contributed by atoms with Crippen LogP contribution in [0, 0.1) is 0 Å². The van der Waals surface area contributed by atoms with Gasteiger partial charge in [0.15, 0.2) is 5.84 Å². The number of carbonyl (C=O) groups excluding carboxylic acids is 1. The van der Waals surface area contributed by atoms with Gasteiger partial charge in [-0.2, -0.15) is 13.2 Å². The van der Waals surface area contributed by atoms with E-state index in [0.717, 1.165) is 12.1 Å². The van der Waals surface area contributed by atoms with Crippen LogP contribution in [-0.4, -0.2) is 37.4 Å². The molecule has 1 unspecified atom stereocenters. The zero-order valence-corrected chi connectivity index (χ0v) is 15.0. The van der Waals surface area contributed by atoms with Crippen LogP contribution in [0.3, 0.4) is 0 Å². The summed E-state index contributed by atoms with van der Waals surface area (Å²) in [5.41, 5.74) is -0.208. The molecule has 0 bridgehead atoms. The quantitative estimate of drug-likeness (QED) is 0.847. The molecule has 0 spiro atoms. The van der Waals surface area contributed by atoms with Crippen LogP contribution in [0.2, 0.25) is 0 Å². The van der Waals surface area contributed by atoms with Gasteiger partial charge < -0.3 is 10.2 Å². The smallest absolute Gasteiger partial charge is 0.345 e. The van der Waals surface area contributed by atoms with Crippen LogP contribution in [0.15, 0.2) is 52.6 Å². The Balaban J connectivity index is 1.77. The molecule has 0 saturated carbocycles. The molecule has 2 heterocycles. The van der Waals surface area contributed by atoms with Crippen molar-refractivity contribution in [3.8, 4) is 0 Å². The van der Waals surface area contributed by atoms with Crippen LogP contribution in [-0.2, 0) is 21.0 Å². The number of sulfonamides is 1. The van der Waals surface area contributed by atoms with E-state index in [0.29, 0.717) is 5.56 Å². The predicted molar refractivity (Wildman–Crippen MR) is 93.2 cm³/mol. The monoisotopic (exact) mass is 399 g/mol. The van der Waals surface area contributed by atoms with Crippen molar-refractivity contribution in [3.05, 3.63) is 59.3 Å². The summed E-state index contributed by atoms with van der Waals surface area (Å²) < 4.78 is 65.1. The van der Waals surface area contributed by atoms with Crippen molar-refractivity contribution in [3.63, 3.8) is 0 Å². The fourth-order valence-corrected chi connectivity index (χ4v) is 3.70. The third kappa shape index (κ3) is 4.21. The molecule has 0 aliphatic carbocycles. The number of carbonyl (C=O) groups is 1. The SMILES string of the molecule is CC(NC(=O)C1=CC=CN2CCS(=O)(=O)N=C12)c1ccc(C(F)(F)F)cc1. The number of halogens is 3. The summed E-state index contributed by atoms with van der Waals surface area (Å²) >= 11 is 0. The largest absolute Gasteiger partial charge is 0.416 e. The van der Waals surface area contributed by atoms with Crippen molar-refractivity contribution in [1.82, 2.24) is 10.2 Å². The zero-order chi connectivity index (χ0) is 19.8. The lowest BCUT2D eigenvalue weighted by atomic mass is 10.0. The first-order valence-corrected chi connectivity index (χ1v) is 9.64. The molecule has 144 valence electrons. The predicted octanol–water partition coefficient (Wildman–Crippen LogP) is 2.38. The lowest BCUT2D eigenvalue weighted by Crippen LogP contribution is -2.42. The van der Waals surface area contributed by atoms with Crippen LogP contribution in [0.5, 0.6) is 0 Å². The molecule has 0 radical (unpaired) electrons. The van der Waals surface area contributed by atoms with Crippen molar-refractivity contribution in [2.24, 2.45) is 4.40 Å². The lowest BCUT2D eigenvalue weighted by molar-refractivity contribution is -0.137. The van der Waals surface area contributed by atoms with Gasteiger partial charge in [-0.25, -0.2) is 8.42 Å². The van der Waals surface area contributed by atoms with E-state index < -0.39 is 33.7 Å².